The Kier molecular flexibility index (Phi) is 2.34. The van der Waals surface area contributed by atoms with Crippen molar-refractivity contribution in [1.82, 2.24) is 5.06 Å². The molecule has 1 unspecified atom stereocenters. The number of rotatable bonds is 2. The molecule has 8 nitrogen and oxygen atoms in total. The van der Waals surface area contributed by atoms with Crippen LogP contribution in [0, 0.1) is 0 Å². The summed E-state index contributed by atoms with van der Waals surface area (Å²) in [5.74, 6) is 2.44. The minimum atomic E-state index is -4.58. The lowest BCUT2D eigenvalue weighted by Gasteiger charge is -2.07. The second-order valence-corrected chi connectivity index (χ2v) is 3.94. The van der Waals surface area contributed by atoms with Gasteiger partial charge in [0.2, 0.25) is 0 Å². The molecule has 1 heterocycles. The molecule has 0 aromatic carbocycles. The highest BCUT2D eigenvalue weighted by Gasteiger charge is 2.46. The fraction of sp³-hybridized carbons (Fsp3) is 0.500. The van der Waals surface area contributed by atoms with Crippen LogP contribution in [-0.4, -0.2) is 35.1 Å². The van der Waals surface area contributed by atoms with Gasteiger partial charge in [-0.05, 0) is 0 Å². The van der Waals surface area contributed by atoms with Crippen molar-refractivity contribution < 1.29 is 27.5 Å². The van der Waals surface area contributed by atoms with Gasteiger partial charge in [0.25, 0.3) is 21.9 Å². The van der Waals surface area contributed by atoms with E-state index in [9.17, 15) is 18.0 Å². The molecule has 3 N–H and O–H groups in total. The third-order valence-corrected chi connectivity index (χ3v) is 2.61. The Bertz CT molecular complexity index is 348. The van der Waals surface area contributed by atoms with Crippen LogP contribution in [0.5, 0.6) is 0 Å². The Labute approximate surface area is 72.9 Å². The molecule has 2 amide bonds. The van der Waals surface area contributed by atoms with Crippen molar-refractivity contribution in [3.63, 3.8) is 0 Å². The van der Waals surface area contributed by atoms with Gasteiger partial charge in [-0.25, -0.2) is 0 Å². The number of carbonyl (C=O) groups is 2. The third-order valence-electron chi connectivity index (χ3n) is 1.53. The maximum atomic E-state index is 11.0. The first-order chi connectivity index (χ1) is 5.88. The quantitative estimate of drug-likeness (QED) is 0.301. The fourth-order valence-corrected chi connectivity index (χ4v) is 1.63. The number of hydroxylamine groups is 2. The Balaban J connectivity index is 2.99. The average molecular weight is 210 g/mol. The smallest absolute Gasteiger partial charge is 0.277 e. The summed E-state index contributed by atoms with van der Waals surface area (Å²) in [5, 5.41) is -1.71. The zero-order chi connectivity index (χ0) is 10.2. The minimum Gasteiger partial charge on any atom is -0.285 e. The zero-order valence-corrected chi connectivity index (χ0v) is 7.02. The van der Waals surface area contributed by atoms with Gasteiger partial charge in [-0.2, -0.15) is 19.3 Å². The summed E-state index contributed by atoms with van der Waals surface area (Å²) in [6, 6.07) is 0. The predicted octanol–water partition coefficient (Wildman–Crippen LogP) is -2.19. The number of nitrogens with zero attached hydrogens (tertiary/aromatic N) is 1. The lowest BCUT2D eigenvalue weighted by atomic mass is 10.4. The van der Waals surface area contributed by atoms with E-state index in [2.05, 4.69) is 10.8 Å². The SMILES string of the molecule is NON1C(=O)CC(S(=O)(=O)O)C1=O. The molecule has 0 aliphatic carbocycles. The van der Waals surface area contributed by atoms with Crippen molar-refractivity contribution in [2.45, 2.75) is 11.7 Å². The van der Waals surface area contributed by atoms with E-state index < -0.39 is 33.6 Å². The Hall–Kier alpha value is -1.03. The predicted molar refractivity (Wildman–Crippen MR) is 37.1 cm³/mol. The van der Waals surface area contributed by atoms with Gasteiger partial charge in [0.05, 0.1) is 6.42 Å². The van der Waals surface area contributed by atoms with E-state index in [0.29, 0.717) is 0 Å². The van der Waals surface area contributed by atoms with Gasteiger partial charge in [-0.3, -0.25) is 14.1 Å². The van der Waals surface area contributed by atoms with Crippen molar-refractivity contribution in [2.24, 2.45) is 5.90 Å². The molecule has 0 aromatic heterocycles. The summed E-state index contributed by atoms with van der Waals surface area (Å²) in [5.41, 5.74) is 0. The second kappa shape index (κ2) is 3.03. The molecule has 0 saturated carbocycles. The number of imide groups is 1. The summed E-state index contributed by atoms with van der Waals surface area (Å²) in [4.78, 5) is 25.6. The van der Waals surface area contributed by atoms with Gasteiger partial charge in [0.1, 0.15) is 0 Å². The number of carbonyl (C=O) groups excluding carboxylic acids is 2. The summed E-state index contributed by atoms with van der Waals surface area (Å²) in [7, 11) is -4.58. The van der Waals surface area contributed by atoms with E-state index in [4.69, 9.17) is 4.55 Å². The van der Waals surface area contributed by atoms with Gasteiger partial charge in [-0.15, -0.1) is 5.06 Å². The first kappa shape index (κ1) is 10.1. The molecule has 74 valence electrons. The molecule has 13 heavy (non-hydrogen) atoms. The van der Waals surface area contributed by atoms with Crippen molar-refractivity contribution in [3.05, 3.63) is 0 Å². The van der Waals surface area contributed by atoms with Crippen molar-refractivity contribution in [1.29, 1.82) is 0 Å². The molecule has 0 spiro atoms. The van der Waals surface area contributed by atoms with Crippen LogP contribution in [0.25, 0.3) is 0 Å². The Morgan fingerprint density at radius 3 is 2.31 bits per heavy atom. The fourth-order valence-electron chi connectivity index (χ4n) is 0.926. The lowest BCUT2D eigenvalue weighted by Crippen LogP contribution is -2.36. The zero-order valence-electron chi connectivity index (χ0n) is 6.21. The molecule has 0 bridgehead atoms. The van der Waals surface area contributed by atoms with Gasteiger partial charge in [-0.1, -0.05) is 0 Å². The molecular formula is C4H6N2O6S. The average Bonchev–Trinajstić information content (AvgIpc) is 2.25. The molecule has 1 aliphatic heterocycles. The van der Waals surface area contributed by atoms with E-state index in [1.165, 1.54) is 0 Å². The Morgan fingerprint density at radius 1 is 1.54 bits per heavy atom. The molecule has 1 saturated heterocycles. The van der Waals surface area contributed by atoms with Crippen molar-refractivity contribution >= 4 is 21.9 Å². The van der Waals surface area contributed by atoms with Crippen LogP contribution < -0.4 is 5.90 Å². The maximum Gasteiger partial charge on any atom is 0.277 e. The van der Waals surface area contributed by atoms with E-state index in [-0.39, 0.29) is 5.06 Å². The van der Waals surface area contributed by atoms with Crippen LogP contribution in [0.1, 0.15) is 6.42 Å². The van der Waals surface area contributed by atoms with E-state index in [1.807, 2.05) is 0 Å². The van der Waals surface area contributed by atoms with Crippen LogP contribution in [0.4, 0.5) is 0 Å². The molecular weight excluding hydrogens is 204 g/mol. The first-order valence-corrected chi connectivity index (χ1v) is 4.58. The highest BCUT2D eigenvalue weighted by molar-refractivity contribution is 7.87. The summed E-state index contributed by atoms with van der Waals surface area (Å²) in [6.07, 6.45) is -0.658. The molecule has 1 aliphatic rings. The minimum absolute atomic E-state index is 0.0957. The summed E-state index contributed by atoms with van der Waals surface area (Å²) in [6.45, 7) is 0. The molecule has 9 heteroatoms. The van der Waals surface area contributed by atoms with Gasteiger partial charge in [0.15, 0.2) is 5.25 Å². The maximum absolute atomic E-state index is 11.0. The third kappa shape index (κ3) is 1.67. The normalized spacial score (nSPS) is 24.2. The molecule has 1 fully saturated rings. The van der Waals surface area contributed by atoms with Crippen molar-refractivity contribution in [2.75, 3.05) is 0 Å². The van der Waals surface area contributed by atoms with Crippen LogP contribution in [0.3, 0.4) is 0 Å². The molecule has 0 aromatic rings. The van der Waals surface area contributed by atoms with E-state index >= 15 is 0 Å². The molecule has 1 rings (SSSR count). The number of hydrogen-bond acceptors (Lipinski definition) is 6. The van der Waals surface area contributed by atoms with Crippen LogP contribution in [0.2, 0.25) is 0 Å². The van der Waals surface area contributed by atoms with E-state index in [0.717, 1.165) is 0 Å². The summed E-state index contributed by atoms with van der Waals surface area (Å²) < 4.78 is 29.5. The second-order valence-electron chi connectivity index (χ2n) is 2.34. The lowest BCUT2D eigenvalue weighted by molar-refractivity contribution is -0.188. The number of hydrogen-bond donors (Lipinski definition) is 2. The van der Waals surface area contributed by atoms with Gasteiger partial charge >= 0.3 is 0 Å². The Morgan fingerprint density at radius 2 is 2.08 bits per heavy atom. The monoisotopic (exact) mass is 210 g/mol. The standard InChI is InChI=1S/C4H6N2O6S/c5-12-6-3(7)1-2(4(6)8)13(9,10)11/h2H,1,5H2,(H,9,10,11). The summed E-state index contributed by atoms with van der Waals surface area (Å²) >= 11 is 0. The van der Waals surface area contributed by atoms with Crippen LogP contribution in [-0.2, 0) is 24.6 Å². The van der Waals surface area contributed by atoms with Crippen molar-refractivity contribution in [3.8, 4) is 0 Å². The largest absolute Gasteiger partial charge is 0.285 e. The van der Waals surface area contributed by atoms with E-state index in [1.54, 1.807) is 0 Å². The van der Waals surface area contributed by atoms with Gasteiger partial charge in [0, 0.05) is 0 Å². The van der Waals surface area contributed by atoms with Crippen LogP contribution in [0.15, 0.2) is 0 Å². The topological polar surface area (TPSA) is 127 Å². The highest BCUT2D eigenvalue weighted by Crippen LogP contribution is 2.18. The number of nitrogens with two attached hydrogens (primary N) is 1. The van der Waals surface area contributed by atoms with Crippen LogP contribution >= 0.6 is 0 Å². The molecule has 0 radical (unpaired) electrons. The van der Waals surface area contributed by atoms with Gasteiger partial charge < -0.3 is 0 Å². The first-order valence-electron chi connectivity index (χ1n) is 3.08. The highest BCUT2D eigenvalue weighted by atomic mass is 32.2. The number of amides is 2. The molecule has 1 atom stereocenters.